The first kappa shape index (κ1) is 17.1. The second-order valence-electron chi connectivity index (χ2n) is 4.34. The van der Waals surface area contributed by atoms with E-state index in [0.717, 1.165) is 0 Å². The fraction of sp³-hybridized carbons (Fsp3) is 0.500. The summed E-state index contributed by atoms with van der Waals surface area (Å²) >= 11 is 5.83. The lowest BCUT2D eigenvalue weighted by atomic mass is 10.2. The molecule has 0 amide bonds. The quantitative estimate of drug-likeness (QED) is 0.784. The van der Waals surface area contributed by atoms with Crippen LogP contribution in [0.2, 0.25) is 5.02 Å². The SMILES string of the molecule is CS(C)(=O)=NCCNCc1cc(Cl)ccc1OC(F)F. The van der Waals surface area contributed by atoms with Crippen molar-refractivity contribution in [1.82, 2.24) is 5.32 Å². The van der Waals surface area contributed by atoms with Crippen molar-refractivity contribution in [2.75, 3.05) is 25.6 Å². The van der Waals surface area contributed by atoms with Crippen molar-refractivity contribution in [3.63, 3.8) is 0 Å². The van der Waals surface area contributed by atoms with E-state index in [1.807, 2.05) is 0 Å². The van der Waals surface area contributed by atoms with Gasteiger partial charge in [0.2, 0.25) is 0 Å². The molecule has 1 aromatic rings. The van der Waals surface area contributed by atoms with Gasteiger partial charge in [0.05, 0.1) is 6.54 Å². The van der Waals surface area contributed by atoms with Crippen LogP contribution >= 0.6 is 11.6 Å². The van der Waals surface area contributed by atoms with Gasteiger partial charge >= 0.3 is 6.61 Å². The molecule has 0 saturated heterocycles. The number of halogens is 3. The van der Waals surface area contributed by atoms with Gasteiger partial charge in [0.15, 0.2) is 0 Å². The van der Waals surface area contributed by atoms with Crippen LogP contribution in [0.5, 0.6) is 5.75 Å². The third-order valence-corrected chi connectivity index (χ3v) is 3.28. The second kappa shape index (κ2) is 7.75. The molecule has 0 atom stereocenters. The van der Waals surface area contributed by atoms with E-state index in [1.165, 1.54) is 12.1 Å². The van der Waals surface area contributed by atoms with E-state index in [0.29, 0.717) is 30.2 Å². The number of hydrogen-bond acceptors (Lipinski definition) is 4. The summed E-state index contributed by atoms with van der Waals surface area (Å²) in [5.41, 5.74) is 0.534. The Morgan fingerprint density at radius 3 is 2.75 bits per heavy atom. The fourth-order valence-corrected chi connectivity index (χ4v) is 2.19. The molecule has 20 heavy (non-hydrogen) atoms. The lowest BCUT2D eigenvalue weighted by Gasteiger charge is -2.11. The minimum absolute atomic E-state index is 0.0867. The van der Waals surface area contributed by atoms with Crippen molar-refractivity contribution in [3.05, 3.63) is 28.8 Å². The largest absolute Gasteiger partial charge is 0.434 e. The molecular weight excluding hydrogens is 310 g/mol. The third kappa shape index (κ3) is 7.02. The number of ether oxygens (including phenoxy) is 1. The van der Waals surface area contributed by atoms with Crippen LogP contribution in [0.25, 0.3) is 0 Å². The number of benzene rings is 1. The molecule has 0 fully saturated rings. The average molecular weight is 327 g/mol. The highest BCUT2D eigenvalue weighted by atomic mass is 35.5. The molecule has 0 bridgehead atoms. The van der Waals surface area contributed by atoms with Crippen molar-refractivity contribution >= 4 is 21.3 Å². The monoisotopic (exact) mass is 326 g/mol. The zero-order chi connectivity index (χ0) is 15.2. The van der Waals surface area contributed by atoms with Gasteiger partial charge < -0.3 is 10.1 Å². The molecule has 0 unspecified atom stereocenters. The molecule has 1 aromatic carbocycles. The van der Waals surface area contributed by atoms with E-state index in [1.54, 1.807) is 18.6 Å². The van der Waals surface area contributed by atoms with Crippen molar-refractivity contribution < 1.29 is 17.7 Å². The van der Waals surface area contributed by atoms with Gasteiger partial charge in [0, 0.05) is 45.9 Å². The van der Waals surface area contributed by atoms with Gasteiger partial charge in [-0.25, -0.2) is 4.36 Å². The van der Waals surface area contributed by atoms with Gasteiger partial charge in [-0.3, -0.25) is 4.21 Å². The number of nitrogens with one attached hydrogen (secondary N) is 1. The van der Waals surface area contributed by atoms with Gasteiger partial charge in [0.25, 0.3) is 0 Å². The Balaban J connectivity index is 2.58. The minimum atomic E-state index is -2.88. The molecule has 0 saturated carbocycles. The van der Waals surface area contributed by atoms with Crippen LogP contribution < -0.4 is 10.1 Å². The van der Waals surface area contributed by atoms with Crippen molar-refractivity contribution in [2.45, 2.75) is 13.2 Å². The van der Waals surface area contributed by atoms with Crippen molar-refractivity contribution in [2.24, 2.45) is 4.36 Å². The Morgan fingerprint density at radius 2 is 2.15 bits per heavy atom. The Morgan fingerprint density at radius 1 is 1.45 bits per heavy atom. The summed E-state index contributed by atoms with van der Waals surface area (Å²) in [7, 11) is -2.11. The van der Waals surface area contributed by atoms with Gasteiger partial charge in [-0.2, -0.15) is 8.78 Å². The molecular formula is C12H17ClF2N2O2S. The van der Waals surface area contributed by atoms with Crippen LogP contribution in [0.3, 0.4) is 0 Å². The summed E-state index contributed by atoms with van der Waals surface area (Å²) in [6.07, 6.45) is 3.11. The normalized spacial score (nSPS) is 11.7. The highest BCUT2D eigenvalue weighted by Gasteiger charge is 2.09. The van der Waals surface area contributed by atoms with Crippen LogP contribution in [0.15, 0.2) is 22.6 Å². The molecule has 4 nitrogen and oxygen atoms in total. The summed E-state index contributed by atoms with van der Waals surface area (Å²) in [4.78, 5) is 0. The fourth-order valence-electron chi connectivity index (χ4n) is 1.46. The first-order chi connectivity index (χ1) is 9.28. The molecule has 0 radical (unpaired) electrons. The Bertz CT molecular complexity index is 552. The van der Waals surface area contributed by atoms with Crippen molar-refractivity contribution in [1.29, 1.82) is 0 Å². The predicted octanol–water partition coefficient (Wildman–Crippen LogP) is 2.76. The maximum Gasteiger partial charge on any atom is 0.387 e. The third-order valence-electron chi connectivity index (χ3n) is 2.24. The minimum Gasteiger partial charge on any atom is -0.434 e. The maximum atomic E-state index is 12.3. The summed E-state index contributed by atoms with van der Waals surface area (Å²) in [6.45, 7) is -1.70. The Hall–Kier alpha value is -0.920. The first-order valence-corrected chi connectivity index (χ1v) is 8.56. The molecule has 0 aliphatic heterocycles. The molecule has 0 aromatic heterocycles. The second-order valence-corrected chi connectivity index (χ2v) is 7.40. The molecule has 114 valence electrons. The number of hydrogen-bond donors (Lipinski definition) is 1. The number of alkyl halides is 2. The van der Waals surface area contributed by atoms with Crippen LogP contribution in [0, 0.1) is 0 Å². The van der Waals surface area contributed by atoms with E-state index in [2.05, 4.69) is 14.4 Å². The molecule has 0 aliphatic rings. The number of nitrogens with zero attached hydrogens (tertiary/aromatic N) is 1. The van der Waals surface area contributed by atoms with Crippen molar-refractivity contribution in [3.8, 4) is 5.75 Å². The van der Waals surface area contributed by atoms with E-state index in [4.69, 9.17) is 11.6 Å². The lowest BCUT2D eigenvalue weighted by molar-refractivity contribution is -0.0504. The van der Waals surface area contributed by atoms with E-state index < -0.39 is 16.3 Å². The molecule has 8 heteroatoms. The van der Waals surface area contributed by atoms with Gasteiger partial charge in [-0.15, -0.1) is 0 Å². The van der Waals surface area contributed by atoms with Gasteiger partial charge in [-0.05, 0) is 18.2 Å². The Labute approximate surface area is 122 Å². The predicted molar refractivity (Wildman–Crippen MR) is 77.1 cm³/mol. The summed E-state index contributed by atoms with van der Waals surface area (Å²) in [5.74, 6) is 0.0867. The molecule has 0 heterocycles. The highest BCUT2D eigenvalue weighted by molar-refractivity contribution is 7.92. The summed E-state index contributed by atoms with van der Waals surface area (Å²) in [6, 6.07) is 4.45. The molecule has 1 N–H and O–H groups in total. The Kier molecular flexibility index (Phi) is 6.64. The van der Waals surface area contributed by atoms with Crippen LogP contribution in [0.4, 0.5) is 8.78 Å². The smallest absolute Gasteiger partial charge is 0.387 e. The van der Waals surface area contributed by atoms with Gasteiger partial charge in [-0.1, -0.05) is 11.6 Å². The van der Waals surface area contributed by atoms with E-state index >= 15 is 0 Å². The van der Waals surface area contributed by atoms with Crippen LogP contribution in [0.1, 0.15) is 5.56 Å². The molecule has 1 rings (SSSR count). The highest BCUT2D eigenvalue weighted by Crippen LogP contribution is 2.24. The topological polar surface area (TPSA) is 50.7 Å². The van der Waals surface area contributed by atoms with Gasteiger partial charge in [0.1, 0.15) is 5.75 Å². The summed E-state index contributed by atoms with van der Waals surface area (Å²) < 4.78 is 44.2. The molecule has 0 spiro atoms. The zero-order valence-corrected chi connectivity index (χ0v) is 12.8. The lowest BCUT2D eigenvalue weighted by Crippen LogP contribution is -2.18. The maximum absolute atomic E-state index is 12.3. The van der Waals surface area contributed by atoms with Crippen LogP contribution in [-0.2, 0) is 16.3 Å². The van der Waals surface area contributed by atoms with Crippen LogP contribution in [-0.4, -0.2) is 36.4 Å². The van der Waals surface area contributed by atoms with E-state index in [-0.39, 0.29) is 5.75 Å². The number of rotatable bonds is 7. The average Bonchev–Trinajstić information content (AvgIpc) is 2.30. The zero-order valence-electron chi connectivity index (χ0n) is 11.2. The van der Waals surface area contributed by atoms with E-state index in [9.17, 15) is 13.0 Å². The summed E-state index contributed by atoms with van der Waals surface area (Å²) in [5, 5.41) is 3.46. The first-order valence-electron chi connectivity index (χ1n) is 5.85. The standard InChI is InChI=1S/C12H17ClF2N2O2S/c1-20(2,18)17-6-5-16-8-9-7-10(13)3-4-11(9)19-12(14)15/h3-4,7,12,16H,5-6,8H2,1-2H3. The molecule has 0 aliphatic carbocycles.